The molecule has 2 heterocycles. The Bertz CT molecular complexity index is 795. The number of nitriles is 1. The lowest BCUT2D eigenvalue weighted by Crippen LogP contribution is -2.27. The molecule has 0 aliphatic carbocycles. The van der Waals surface area contributed by atoms with Crippen LogP contribution in [0.25, 0.3) is 0 Å². The molecule has 2 aromatic rings. The molecule has 0 radical (unpaired) electrons. The van der Waals surface area contributed by atoms with E-state index in [2.05, 4.69) is 4.98 Å². The predicted molar refractivity (Wildman–Crippen MR) is 95.2 cm³/mol. The van der Waals surface area contributed by atoms with Crippen molar-refractivity contribution in [2.75, 3.05) is 12.8 Å². The first-order chi connectivity index (χ1) is 11.4. The molecule has 0 aromatic carbocycles. The molecule has 0 saturated heterocycles. The second kappa shape index (κ2) is 8.08. The number of hydrogen-bond donors (Lipinski definition) is 0. The summed E-state index contributed by atoms with van der Waals surface area (Å²) in [5, 5.41) is 13.7. The molecule has 1 amide bonds. The van der Waals surface area contributed by atoms with Gasteiger partial charge < -0.3 is 4.90 Å². The number of Topliss-reactive ketones (excluding diaryl/α,β-unsaturated/α-hetero) is 1. The largest absolute Gasteiger partial charge is 0.341 e. The molecule has 0 aliphatic heterocycles. The minimum Gasteiger partial charge on any atom is -0.341 e. The summed E-state index contributed by atoms with van der Waals surface area (Å²) in [6.45, 7) is 3.73. The first-order valence-corrected chi connectivity index (χ1v) is 9.15. The summed E-state index contributed by atoms with van der Waals surface area (Å²) in [6.07, 6.45) is 0. The van der Waals surface area contributed by atoms with E-state index in [1.165, 1.54) is 18.7 Å². The predicted octanol–water partition coefficient (Wildman–Crippen LogP) is 3.28. The minimum atomic E-state index is -0.125. The van der Waals surface area contributed by atoms with Crippen molar-refractivity contribution in [3.05, 3.63) is 45.3 Å². The lowest BCUT2D eigenvalue weighted by molar-refractivity contribution is -0.127. The van der Waals surface area contributed by atoms with Crippen LogP contribution in [0.15, 0.2) is 27.9 Å². The van der Waals surface area contributed by atoms with E-state index in [-0.39, 0.29) is 17.4 Å². The van der Waals surface area contributed by atoms with Crippen LogP contribution in [-0.4, -0.2) is 34.4 Å². The SMILES string of the molecule is CC(=O)c1cc(C#N)c(SCC(=O)N(C)Cc2ccsc2)nc1C. The van der Waals surface area contributed by atoms with E-state index in [0.717, 1.165) is 5.56 Å². The molecule has 0 N–H and O–H groups in total. The number of aryl methyl sites for hydroxylation is 1. The average molecular weight is 359 g/mol. The number of pyridine rings is 1. The fourth-order valence-electron chi connectivity index (χ4n) is 2.11. The summed E-state index contributed by atoms with van der Waals surface area (Å²) in [6, 6.07) is 5.58. The standard InChI is InChI=1S/C17H17N3O2S2/c1-11-15(12(2)21)6-14(7-18)17(19-11)24-10-16(22)20(3)8-13-4-5-23-9-13/h4-6,9H,8,10H2,1-3H3. The maximum absolute atomic E-state index is 12.2. The molecule has 0 saturated carbocycles. The molecule has 7 heteroatoms. The second-order valence-corrected chi connectivity index (χ2v) is 7.06. The van der Waals surface area contributed by atoms with E-state index < -0.39 is 0 Å². The number of rotatable bonds is 6. The fraction of sp³-hybridized carbons (Fsp3) is 0.294. The lowest BCUT2D eigenvalue weighted by atomic mass is 10.1. The zero-order valence-electron chi connectivity index (χ0n) is 13.7. The van der Waals surface area contributed by atoms with Crippen molar-refractivity contribution in [1.29, 1.82) is 5.26 Å². The van der Waals surface area contributed by atoms with E-state index in [9.17, 15) is 14.9 Å². The van der Waals surface area contributed by atoms with E-state index in [4.69, 9.17) is 0 Å². The Morgan fingerprint density at radius 2 is 2.21 bits per heavy atom. The Morgan fingerprint density at radius 3 is 2.79 bits per heavy atom. The first-order valence-electron chi connectivity index (χ1n) is 7.23. The lowest BCUT2D eigenvalue weighted by Gasteiger charge is -2.16. The molecule has 5 nitrogen and oxygen atoms in total. The highest BCUT2D eigenvalue weighted by molar-refractivity contribution is 7.99. The van der Waals surface area contributed by atoms with Crippen LogP contribution in [0.4, 0.5) is 0 Å². The van der Waals surface area contributed by atoms with Crippen molar-refractivity contribution in [2.45, 2.75) is 25.4 Å². The molecule has 0 atom stereocenters. The number of nitrogens with zero attached hydrogens (tertiary/aromatic N) is 3. The highest BCUT2D eigenvalue weighted by Gasteiger charge is 2.15. The molecule has 2 rings (SSSR count). The van der Waals surface area contributed by atoms with Gasteiger partial charge in [-0.15, -0.1) is 0 Å². The Hall–Kier alpha value is -2.17. The van der Waals surface area contributed by atoms with E-state index in [0.29, 0.717) is 28.4 Å². The van der Waals surface area contributed by atoms with E-state index >= 15 is 0 Å². The number of carbonyl (C=O) groups excluding carboxylic acids is 2. The van der Waals surface area contributed by atoms with Crippen LogP contribution in [0.1, 0.15) is 34.1 Å². The molecule has 0 spiro atoms. The van der Waals surface area contributed by atoms with Crippen LogP contribution >= 0.6 is 23.1 Å². The maximum Gasteiger partial charge on any atom is 0.233 e. The van der Waals surface area contributed by atoms with Gasteiger partial charge in [-0.3, -0.25) is 9.59 Å². The molecule has 2 aromatic heterocycles. The fourth-order valence-corrected chi connectivity index (χ4v) is 3.72. The van der Waals surface area contributed by atoms with Gasteiger partial charge in [-0.25, -0.2) is 4.98 Å². The summed E-state index contributed by atoms with van der Waals surface area (Å²) >= 11 is 2.82. The van der Waals surface area contributed by atoms with Gasteiger partial charge in [0, 0.05) is 24.8 Å². The Balaban J connectivity index is 2.05. The van der Waals surface area contributed by atoms with Crippen molar-refractivity contribution in [3.63, 3.8) is 0 Å². The second-order valence-electron chi connectivity index (χ2n) is 5.31. The van der Waals surface area contributed by atoms with Gasteiger partial charge >= 0.3 is 0 Å². The molecule has 0 bridgehead atoms. The van der Waals surface area contributed by atoms with Gasteiger partial charge in [-0.2, -0.15) is 16.6 Å². The quantitative estimate of drug-likeness (QED) is 0.584. The van der Waals surface area contributed by atoms with Crippen LogP contribution < -0.4 is 0 Å². The molecule has 124 valence electrons. The minimum absolute atomic E-state index is 0.0369. The molecular weight excluding hydrogens is 342 g/mol. The maximum atomic E-state index is 12.2. The average Bonchev–Trinajstić information content (AvgIpc) is 3.05. The molecule has 0 fully saturated rings. The van der Waals surface area contributed by atoms with E-state index in [1.807, 2.05) is 22.9 Å². The molecule has 0 unspecified atom stereocenters. The molecular formula is C17H17N3O2S2. The van der Waals surface area contributed by atoms with Crippen LogP contribution in [0.3, 0.4) is 0 Å². The van der Waals surface area contributed by atoms with Crippen molar-refractivity contribution in [1.82, 2.24) is 9.88 Å². The number of thiophene rings is 1. The summed E-state index contributed by atoms with van der Waals surface area (Å²) in [5.41, 5.74) is 2.43. The van der Waals surface area contributed by atoms with Crippen molar-refractivity contribution < 1.29 is 9.59 Å². The van der Waals surface area contributed by atoms with Crippen molar-refractivity contribution in [3.8, 4) is 6.07 Å². The molecule has 0 aliphatic rings. The number of aromatic nitrogens is 1. The highest BCUT2D eigenvalue weighted by Crippen LogP contribution is 2.23. The van der Waals surface area contributed by atoms with Gasteiger partial charge in [0.15, 0.2) is 5.78 Å². The monoisotopic (exact) mass is 359 g/mol. The summed E-state index contributed by atoms with van der Waals surface area (Å²) in [4.78, 5) is 29.8. The third-order valence-electron chi connectivity index (χ3n) is 3.44. The highest BCUT2D eigenvalue weighted by atomic mass is 32.2. The van der Waals surface area contributed by atoms with Crippen LogP contribution in [0.5, 0.6) is 0 Å². The number of ketones is 1. The Morgan fingerprint density at radius 1 is 1.46 bits per heavy atom. The van der Waals surface area contributed by atoms with Crippen molar-refractivity contribution >= 4 is 34.8 Å². The third kappa shape index (κ3) is 4.43. The van der Waals surface area contributed by atoms with Gasteiger partial charge in [0.05, 0.1) is 11.3 Å². The number of thioether (sulfide) groups is 1. The van der Waals surface area contributed by atoms with Gasteiger partial charge in [-0.05, 0) is 42.3 Å². The first kappa shape index (κ1) is 18.2. The zero-order valence-corrected chi connectivity index (χ0v) is 15.3. The van der Waals surface area contributed by atoms with Crippen LogP contribution in [-0.2, 0) is 11.3 Å². The topological polar surface area (TPSA) is 74.1 Å². The normalized spacial score (nSPS) is 10.2. The Kier molecular flexibility index (Phi) is 6.12. The van der Waals surface area contributed by atoms with Crippen LogP contribution in [0, 0.1) is 18.3 Å². The van der Waals surface area contributed by atoms with Crippen molar-refractivity contribution in [2.24, 2.45) is 0 Å². The van der Waals surface area contributed by atoms with Gasteiger partial charge in [0.1, 0.15) is 11.1 Å². The summed E-state index contributed by atoms with van der Waals surface area (Å²) < 4.78 is 0. The summed E-state index contributed by atoms with van der Waals surface area (Å²) in [5.74, 6) is 0.0334. The number of amides is 1. The van der Waals surface area contributed by atoms with E-state index in [1.54, 1.807) is 36.3 Å². The van der Waals surface area contributed by atoms with Crippen LogP contribution in [0.2, 0.25) is 0 Å². The number of carbonyl (C=O) groups is 2. The zero-order chi connectivity index (χ0) is 17.7. The molecule has 24 heavy (non-hydrogen) atoms. The summed E-state index contributed by atoms with van der Waals surface area (Å²) in [7, 11) is 1.75. The number of hydrogen-bond acceptors (Lipinski definition) is 6. The van der Waals surface area contributed by atoms with Gasteiger partial charge in [0.25, 0.3) is 0 Å². The smallest absolute Gasteiger partial charge is 0.233 e. The van der Waals surface area contributed by atoms with Gasteiger partial charge in [-0.1, -0.05) is 11.8 Å². The Labute approximate surface area is 149 Å². The third-order valence-corrected chi connectivity index (χ3v) is 5.14. The van der Waals surface area contributed by atoms with Gasteiger partial charge in [0.2, 0.25) is 5.91 Å².